The highest BCUT2D eigenvalue weighted by Crippen LogP contribution is 2.23. The third-order valence-electron chi connectivity index (χ3n) is 3.38. The average molecular weight is 318 g/mol. The van der Waals surface area contributed by atoms with Gasteiger partial charge in [0, 0.05) is 11.5 Å². The van der Waals surface area contributed by atoms with Crippen LogP contribution in [0.2, 0.25) is 0 Å². The zero-order chi connectivity index (χ0) is 14.6. The predicted molar refractivity (Wildman–Crippen MR) is 80.7 cm³/mol. The summed E-state index contributed by atoms with van der Waals surface area (Å²) in [6, 6.07) is 3.47. The van der Waals surface area contributed by atoms with Crippen molar-refractivity contribution < 1.29 is 13.2 Å². The molecule has 1 fully saturated rings. The minimum absolute atomic E-state index is 0.0574. The zero-order valence-corrected chi connectivity index (χ0v) is 13.5. The fraction of sp³-hybridized carbons (Fsp3) is 0.692. The standard InChI is InChI=1S/C13H22N2O3S2/c1-3-14-8-6-11-4-5-13(19-11)20(16,17)15-12-7-9-18-10(12)2/h4-5,10,12,14-15H,3,6-9H2,1-2H3. The van der Waals surface area contributed by atoms with Crippen LogP contribution in [0.25, 0.3) is 0 Å². The van der Waals surface area contributed by atoms with Crippen LogP contribution >= 0.6 is 11.3 Å². The van der Waals surface area contributed by atoms with Crippen molar-refractivity contribution in [3.8, 4) is 0 Å². The van der Waals surface area contributed by atoms with E-state index in [2.05, 4.69) is 17.0 Å². The molecule has 1 aliphatic rings. The van der Waals surface area contributed by atoms with Gasteiger partial charge < -0.3 is 10.1 Å². The van der Waals surface area contributed by atoms with Gasteiger partial charge in [0.2, 0.25) is 10.0 Å². The van der Waals surface area contributed by atoms with Crippen molar-refractivity contribution in [2.24, 2.45) is 0 Å². The first-order chi connectivity index (χ1) is 9.53. The van der Waals surface area contributed by atoms with E-state index in [1.165, 1.54) is 11.3 Å². The van der Waals surface area contributed by atoms with Crippen molar-refractivity contribution in [2.45, 2.75) is 43.0 Å². The molecule has 0 spiro atoms. The number of ether oxygens (including phenoxy) is 1. The summed E-state index contributed by atoms with van der Waals surface area (Å²) in [5.74, 6) is 0. The number of thiophene rings is 1. The van der Waals surface area contributed by atoms with Gasteiger partial charge in [0.25, 0.3) is 0 Å². The minimum atomic E-state index is -3.42. The minimum Gasteiger partial charge on any atom is -0.377 e. The van der Waals surface area contributed by atoms with Crippen molar-refractivity contribution in [3.05, 3.63) is 17.0 Å². The molecule has 1 aliphatic heterocycles. The molecule has 5 nitrogen and oxygen atoms in total. The molecule has 2 rings (SSSR count). The van der Waals surface area contributed by atoms with Gasteiger partial charge in [0.05, 0.1) is 12.1 Å². The third-order valence-corrected chi connectivity index (χ3v) is 6.51. The van der Waals surface area contributed by atoms with Crippen LogP contribution in [-0.2, 0) is 21.2 Å². The van der Waals surface area contributed by atoms with Crippen LogP contribution < -0.4 is 10.0 Å². The summed E-state index contributed by atoms with van der Waals surface area (Å²) in [6.45, 7) is 6.37. The van der Waals surface area contributed by atoms with Gasteiger partial charge in [-0.05, 0) is 45.0 Å². The Labute approximate surface area is 124 Å². The van der Waals surface area contributed by atoms with Gasteiger partial charge in [-0.25, -0.2) is 13.1 Å². The number of hydrogen-bond acceptors (Lipinski definition) is 5. The molecule has 0 bridgehead atoms. The van der Waals surface area contributed by atoms with E-state index < -0.39 is 10.0 Å². The van der Waals surface area contributed by atoms with Gasteiger partial charge in [-0.1, -0.05) is 6.92 Å². The maximum Gasteiger partial charge on any atom is 0.250 e. The number of sulfonamides is 1. The van der Waals surface area contributed by atoms with E-state index in [-0.39, 0.29) is 12.1 Å². The Balaban J connectivity index is 1.98. The summed E-state index contributed by atoms with van der Waals surface area (Å²) < 4.78 is 33.1. The predicted octanol–water partition coefficient (Wildman–Crippen LogP) is 1.36. The monoisotopic (exact) mass is 318 g/mol. The zero-order valence-electron chi connectivity index (χ0n) is 11.9. The Kier molecular flexibility index (Phi) is 5.57. The van der Waals surface area contributed by atoms with E-state index in [0.717, 1.165) is 30.8 Å². The first-order valence-electron chi connectivity index (χ1n) is 6.96. The second-order valence-corrected chi connectivity index (χ2v) is 8.03. The molecule has 2 atom stereocenters. The molecule has 114 valence electrons. The third kappa shape index (κ3) is 4.02. The van der Waals surface area contributed by atoms with Crippen LogP contribution in [0.5, 0.6) is 0 Å². The summed E-state index contributed by atoms with van der Waals surface area (Å²) in [4.78, 5) is 1.09. The lowest BCUT2D eigenvalue weighted by Crippen LogP contribution is -2.38. The van der Waals surface area contributed by atoms with Gasteiger partial charge in [-0.3, -0.25) is 0 Å². The Morgan fingerprint density at radius 1 is 1.45 bits per heavy atom. The molecule has 1 aromatic rings. The molecule has 2 unspecified atom stereocenters. The van der Waals surface area contributed by atoms with Crippen LogP contribution in [0.15, 0.2) is 16.3 Å². The summed E-state index contributed by atoms with van der Waals surface area (Å²) in [7, 11) is -3.42. The van der Waals surface area contributed by atoms with Crippen molar-refractivity contribution >= 4 is 21.4 Å². The van der Waals surface area contributed by atoms with Crippen molar-refractivity contribution in [3.63, 3.8) is 0 Å². The molecule has 1 saturated heterocycles. The molecule has 2 N–H and O–H groups in total. The molecule has 20 heavy (non-hydrogen) atoms. The van der Waals surface area contributed by atoms with Gasteiger partial charge in [0.1, 0.15) is 4.21 Å². The average Bonchev–Trinajstić information content (AvgIpc) is 3.00. The SMILES string of the molecule is CCNCCc1ccc(S(=O)(=O)NC2CCOC2C)s1. The van der Waals surface area contributed by atoms with Crippen molar-refractivity contribution in [1.82, 2.24) is 10.0 Å². The lowest BCUT2D eigenvalue weighted by Gasteiger charge is -2.15. The number of likely N-dealkylation sites (N-methyl/N-ethyl adjacent to an activating group) is 1. The van der Waals surface area contributed by atoms with Gasteiger partial charge in [-0.15, -0.1) is 11.3 Å². The van der Waals surface area contributed by atoms with E-state index in [0.29, 0.717) is 10.8 Å². The van der Waals surface area contributed by atoms with Crippen LogP contribution in [-0.4, -0.2) is 40.3 Å². The molecular formula is C13H22N2O3S2. The lowest BCUT2D eigenvalue weighted by atomic mass is 10.2. The van der Waals surface area contributed by atoms with E-state index in [1.807, 2.05) is 13.0 Å². The summed E-state index contributed by atoms with van der Waals surface area (Å²) >= 11 is 1.34. The lowest BCUT2D eigenvalue weighted by molar-refractivity contribution is 0.117. The Hall–Kier alpha value is -0.470. The molecule has 1 aromatic heterocycles. The van der Waals surface area contributed by atoms with E-state index in [4.69, 9.17) is 4.74 Å². The highest BCUT2D eigenvalue weighted by Gasteiger charge is 2.29. The van der Waals surface area contributed by atoms with E-state index >= 15 is 0 Å². The number of hydrogen-bond donors (Lipinski definition) is 2. The fourth-order valence-corrected chi connectivity index (χ4v) is 4.88. The van der Waals surface area contributed by atoms with Gasteiger partial charge >= 0.3 is 0 Å². The van der Waals surface area contributed by atoms with Crippen LogP contribution in [0.1, 0.15) is 25.1 Å². The maximum absolute atomic E-state index is 12.3. The highest BCUT2D eigenvalue weighted by atomic mass is 32.2. The summed E-state index contributed by atoms with van der Waals surface area (Å²) in [5, 5.41) is 3.23. The molecular weight excluding hydrogens is 296 g/mol. The maximum atomic E-state index is 12.3. The van der Waals surface area contributed by atoms with Crippen molar-refractivity contribution in [2.75, 3.05) is 19.7 Å². The first kappa shape index (κ1) is 15.9. The summed E-state index contributed by atoms with van der Waals surface area (Å²) in [6.07, 6.45) is 1.54. The van der Waals surface area contributed by atoms with E-state index in [9.17, 15) is 8.42 Å². The second-order valence-electron chi connectivity index (χ2n) is 4.92. The molecule has 0 aromatic carbocycles. The fourth-order valence-electron chi connectivity index (χ4n) is 2.17. The largest absolute Gasteiger partial charge is 0.377 e. The Bertz CT molecular complexity index is 527. The molecule has 0 saturated carbocycles. The van der Waals surface area contributed by atoms with Crippen LogP contribution in [0.4, 0.5) is 0 Å². The van der Waals surface area contributed by atoms with Crippen molar-refractivity contribution in [1.29, 1.82) is 0 Å². The van der Waals surface area contributed by atoms with E-state index in [1.54, 1.807) is 6.07 Å². The van der Waals surface area contributed by atoms with Gasteiger partial charge in [0.15, 0.2) is 0 Å². The normalized spacial score (nSPS) is 23.3. The quantitative estimate of drug-likeness (QED) is 0.745. The molecule has 2 heterocycles. The van der Waals surface area contributed by atoms with Crippen LogP contribution in [0, 0.1) is 0 Å². The molecule has 0 amide bonds. The van der Waals surface area contributed by atoms with Crippen LogP contribution in [0.3, 0.4) is 0 Å². The second kappa shape index (κ2) is 7.00. The molecule has 0 aliphatic carbocycles. The highest BCUT2D eigenvalue weighted by molar-refractivity contribution is 7.91. The molecule has 0 radical (unpaired) electrons. The smallest absolute Gasteiger partial charge is 0.250 e. The Morgan fingerprint density at radius 2 is 2.25 bits per heavy atom. The number of rotatable bonds is 7. The summed E-state index contributed by atoms with van der Waals surface area (Å²) in [5.41, 5.74) is 0. The number of nitrogens with one attached hydrogen (secondary N) is 2. The molecule has 7 heteroatoms. The van der Waals surface area contributed by atoms with Gasteiger partial charge in [-0.2, -0.15) is 0 Å². The topological polar surface area (TPSA) is 67.4 Å². The Morgan fingerprint density at radius 3 is 2.90 bits per heavy atom. The first-order valence-corrected chi connectivity index (χ1v) is 9.26.